The molecule has 0 aliphatic carbocycles. The van der Waals surface area contributed by atoms with Crippen molar-refractivity contribution in [3.8, 4) is 6.07 Å². The van der Waals surface area contributed by atoms with Crippen LogP contribution in [0.2, 0.25) is 0 Å². The smallest absolute Gasteiger partial charge is 0.103 e. The number of nitrogens with two attached hydrogens (primary N) is 1. The number of aromatic nitrogens is 1. The van der Waals surface area contributed by atoms with Crippen LogP contribution >= 0.6 is 15.9 Å². The van der Waals surface area contributed by atoms with Gasteiger partial charge in [0.25, 0.3) is 0 Å². The van der Waals surface area contributed by atoms with Gasteiger partial charge in [-0.1, -0.05) is 28.1 Å². The molecule has 0 atom stereocenters. The van der Waals surface area contributed by atoms with Crippen molar-refractivity contribution in [2.75, 3.05) is 11.1 Å². The van der Waals surface area contributed by atoms with E-state index < -0.39 is 0 Å². The van der Waals surface area contributed by atoms with Crippen molar-refractivity contribution in [2.45, 2.75) is 0 Å². The molecule has 5 heteroatoms. The molecule has 2 aromatic carbocycles. The molecule has 1 aromatic heterocycles. The Morgan fingerprint density at radius 3 is 2.76 bits per heavy atom. The van der Waals surface area contributed by atoms with E-state index in [2.05, 4.69) is 32.3 Å². The van der Waals surface area contributed by atoms with Crippen LogP contribution < -0.4 is 11.1 Å². The lowest BCUT2D eigenvalue weighted by molar-refractivity contribution is 1.36. The third-order valence-electron chi connectivity index (χ3n) is 3.14. The van der Waals surface area contributed by atoms with E-state index in [4.69, 9.17) is 5.73 Å². The van der Waals surface area contributed by atoms with Crippen molar-refractivity contribution in [1.82, 2.24) is 4.98 Å². The van der Waals surface area contributed by atoms with Crippen LogP contribution in [0.1, 0.15) is 5.56 Å². The number of hydrogen-bond acceptors (Lipinski definition) is 4. The van der Waals surface area contributed by atoms with Gasteiger partial charge in [0.2, 0.25) is 0 Å². The summed E-state index contributed by atoms with van der Waals surface area (Å²) in [5.74, 6) is 0. The Bertz CT molecular complexity index is 868. The molecule has 0 aliphatic heterocycles. The third-order valence-corrected chi connectivity index (χ3v) is 3.63. The third kappa shape index (κ3) is 2.54. The summed E-state index contributed by atoms with van der Waals surface area (Å²) in [4.78, 5) is 4.28. The number of nitriles is 1. The number of fused-ring (bicyclic) bond motifs is 1. The zero-order valence-corrected chi connectivity index (χ0v) is 12.6. The van der Waals surface area contributed by atoms with Crippen molar-refractivity contribution < 1.29 is 0 Å². The highest BCUT2D eigenvalue weighted by Gasteiger charge is 2.11. The minimum atomic E-state index is 0.459. The summed E-state index contributed by atoms with van der Waals surface area (Å²) >= 11 is 3.43. The lowest BCUT2D eigenvalue weighted by Crippen LogP contribution is -1.99. The van der Waals surface area contributed by atoms with E-state index in [1.807, 2.05) is 36.4 Å². The van der Waals surface area contributed by atoms with Gasteiger partial charge in [0.1, 0.15) is 6.07 Å². The highest BCUT2D eigenvalue weighted by molar-refractivity contribution is 9.10. The van der Waals surface area contributed by atoms with Gasteiger partial charge in [0.05, 0.1) is 16.8 Å². The minimum Gasteiger partial charge on any atom is -0.398 e. The second kappa shape index (κ2) is 5.43. The van der Waals surface area contributed by atoms with Crippen molar-refractivity contribution in [3.05, 3.63) is 58.7 Å². The van der Waals surface area contributed by atoms with E-state index in [0.717, 1.165) is 21.1 Å². The number of halogens is 1. The largest absolute Gasteiger partial charge is 0.398 e. The molecule has 0 bridgehead atoms. The number of nitrogen functional groups attached to an aromatic ring is 1. The first-order chi connectivity index (χ1) is 10.2. The normalized spacial score (nSPS) is 10.3. The first-order valence-corrected chi connectivity index (χ1v) is 7.08. The van der Waals surface area contributed by atoms with Crippen LogP contribution in [-0.4, -0.2) is 4.98 Å². The van der Waals surface area contributed by atoms with Crippen LogP contribution in [0.25, 0.3) is 10.9 Å². The Morgan fingerprint density at radius 1 is 1.19 bits per heavy atom. The summed E-state index contributed by atoms with van der Waals surface area (Å²) < 4.78 is 0.956. The number of hydrogen-bond donors (Lipinski definition) is 2. The monoisotopic (exact) mass is 338 g/mol. The number of pyridine rings is 1. The molecule has 0 saturated carbocycles. The van der Waals surface area contributed by atoms with Crippen molar-refractivity contribution >= 4 is 43.9 Å². The van der Waals surface area contributed by atoms with Gasteiger partial charge in [-0.2, -0.15) is 5.26 Å². The van der Waals surface area contributed by atoms with Gasteiger partial charge in [0.15, 0.2) is 0 Å². The summed E-state index contributed by atoms with van der Waals surface area (Å²) in [5, 5.41) is 13.4. The minimum absolute atomic E-state index is 0.459. The molecular formula is C16H11BrN4. The Balaban J connectivity index is 2.23. The molecule has 0 saturated heterocycles. The second-order valence-electron chi connectivity index (χ2n) is 4.54. The van der Waals surface area contributed by atoms with Crippen molar-refractivity contribution in [3.63, 3.8) is 0 Å². The summed E-state index contributed by atoms with van der Waals surface area (Å²) in [6, 6.07) is 15.4. The SMILES string of the molecule is N#Cc1cnc2cccc(N)c2c1Nc1cccc(Br)c1. The maximum atomic E-state index is 9.32. The summed E-state index contributed by atoms with van der Waals surface area (Å²) in [7, 11) is 0. The van der Waals surface area contributed by atoms with Gasteiger partial charge in [0, 0.05) is 27.4 Å². The molecule has 0 fully saturated rings. The highest BCUT2D eigenvalue weighted by Crippen LogP contribution is 2.33. The number of rotatable bonds is 2. The van der Waals surface area contributed by atoms with Gasteiger partial charge in [-0.15, -0.1) is 0 Å². The van der Waals surface area contributed by atoms with Crippen LogP contribution in [0, 0.1) is 11.3 Å². The van der Waals surface area contributed by atoms with Gasteiger partial charge >= 0.3 is 0 Å². The van der Waals surface area contributed by atoms with E-state index >= 15 is 0 Å². The quantitative estimate of drug-likeness (QED) is 0.687. The van der Waals surface area contributed by atoms with Crippen LogP contribution in [0.3, 0.4) is 0 Å². The number of nitrogens with zero attached hydrogens (tertiary/aromatic N) is 2. The van der Waals surface area contributed by atoms with Crippen molar-refractivity contribution in [1.29, 1.82) is 5.26 Å². The zero-order valence-electron chi connectivity index (χ0n) is 11.0. The lowest BCUT2D eigenvalue weighted by Gasteiger charge is -2.13. The second-order valence-corrected chi connectivity index (χ2v) is 5.45. The summed E-state index contributed by atoms with van der Waals surface area (Å²) in [6.07, 6.45) is 1.56. The first-order valence-electron chi connectivity index (χ1n) is 6.29. The summed E-state index contributed by atoms with van der Waals surface area (Å²) in [6.45, 7) is 0. The van der Waals surface area contributed by atoms with E-state index in [-0.39, 0.29) is 0 Å². The zero-order chi connectivity index (χ0) is 14.8. The molecule has 21 heavy (non-hydrogen) atoms. The average molecular weight is 339 g/mol. The lowest BCUT2D eigenvalue weighted by atomic mass is 10.1. The van der Waals surface area contributed by atoms with E-state index in [0.29, 0.717) is 16.9 Å². The predicted octanol–water partition coefficient (Wildman–Crippen LogP) is 4.19. The molecule has 3 aromatic rings. The Labute approximate surface area is 130 Å². The standard InChI is InChI=1S/C16H11BrN4/c17-11-3-1-4-12(7-11)21-16-10(8-18)9-20-14-6-2-5-13(19)15(14)16/h1-7,9H,19H2,(H,20,21). The molecule has 1 heterocycles. The number of nitrogens with one attached hydrogen (secondary N) is 1. The predicted molar refractivity (Wildman–Crippen MR) is 88.3 cm³/mol. The molecule has 0 radical (unpaired) electrons. The Hall–Kier alpha value is -2.58. The number of benzene rings is 2. The van der Waals surface area contributed by atoms with Crippen LogP contribution in [0.4, 0.5) is 17.1 Å². The molecule has 0 aliphatic rings. The molecule has 0 unspecified atom stereocenters. The van der Waals surface area contributed by atoms with Gasteiger partial charge in [-0.05, 0) is 30.3 Å². The molecule has 0 spiro atoms. The van der Waals surface area contributed by atoms with Gasteiger partial charge < -0.3 is 11.1 Å². The van der Waals surface area contributed by atoms with Crippen LogP contribution in [0.15, 0.2) is 53.1 Å². The topological polar surface area (TPSA) is 74.7 Å². The molecule has 3 rings (SSSR count). The Morgan fingerprint density at radius 2 is 2.00 bits per heavy atom. The van der Waals surface area contributed by atoms with E-state index in [1.165, 1.54) is 0 Å². The average Bonchev–Trinajstić information content (AvgIpc) is 2.47. The fourth-order valence-corrected chi connectivity index (χ4v) is 2.60. The maximum absolute atomic E-state index is 9.32. The summed E-state index contributed by atoms with van der Waals surface area (Å²) in [5.41, 5.74) is 9.42. The molecule has 102 valence electrons. The molecular weight excluding hydrogens is 328 g/mol. The van der Waals surface area contributed by atoms with E-state index in [1.54, 1.807) is 12.3 Å². The van der Waals surface area contributed by atoms with E-state index in [9.17, 15) is 5.26 Å². The molecule has 3 N–H and O–H groups in total. The van der Waals surface area contributed by atoms with Gasteiger partial charge in [-0.3, -0.25) is 4.98 Å². The Kier molecular flexibility index (Phi) is 3.46. The van der Waals surface area contributed by atoms with Crippen molar-refractivity contribution in [2.24, 2.45) is 0 Å². The molecule has 4 nitrogen and oxygen atoms in total. The maximum Gasteiger partial charge on any atom is 0.103 e. The molecule has 0 amide bonds. The highest BCUT2D eigenvalue weighted by atomic mass is 79.9. The van der Waals surface area contributed by atoms with Crippen LogP contribution in [-0.2, 0) is 0 Å². The fourth-order valence-electron chi connectivity index (χ4n) is 2.20. The first kappa shape index (κ1) is 13.4. The van der Waals surface area contributed by atoms with Crippen LogP contribution in [0.5, 0.6) is 0 Å². The fraction of sp³-hybridized carbons (Fsp3) is 0. The number of anilines is 3. The van der Waals surface area contributed by atoms with Gasteiger partial charge in [-0.25, -0.2) is 0 Å².